The van der Waals surface area contributed by atoms with Crippen LogP contribution in [0.1, 0.15) is 49.8 Å². The highest BCUT2D eigenvalue weighted by atomic mass is 32.2. The molecule has 7 nitrogen and oxygen atoms in total. The number of hydrogen-bond donors (Lipinski definition) is 0. The standard InChI is InChI=1S/C14H16N6OS2/c1-9(12-15-16-13(21-12)11-7-4-8-22-11)23-14-17-18-19-20(14)10-5-2-3-6-10/h4,7-10H,2-3,5-6H2,1H3/t9-/m1/s1. The van der Waals surface area contributed by atoms with Crippen molar-refractivity contribution in [3.8, 4) is 10.8 Å². The molecule has 0 saturated heterocycles. The largest absolute Gasteiger partial charge is 0.419 e. The Morgan fingerprint density at radius 2 is 2.17 bits per heavy atom. The van der Waals surface area contributed by atoms with Gasteiger partial charge in [-0.1, -0.05) is 30.7 Å². The normalized spacial score (nSPS) is 16.9. The van der Waals surface area contributed by atoms with Crippen LogP contribution in [0.25, 0.3) is 10.8 Å². The summed E-state index contributed by atoms with van der Waals surface area (Å²) in [5, 5.41) is 23.3. The van der Waals surface area contributed by atoms with Crippen molar-refractivity contribution in [1.29, 1.82) is 0 Å². The molecular formula is C14H16N6OS2. The fourth-order valence-corrected chi connectivity index (χ4v) is 4.28. The lowest BCUT2D eigenvalue weighted by atomic mass is 10.3. The summed E-state index contributed by atoms with van der Waals surface area (Å²) in [5.41, 5.74) is 0. The first-order valence-corrected chi connectivity index (χ1v) is 9.39. The van der Waals surface area contributed by atoms with Crippen LogP contribution in [-0.2, 0) is 0 Å². The van der Waals surface area contributed by atoms with Crippen LogP contribution in [0.15, 0.2) is 27.1 Å². The molecule has 1 saturated carbocycles. The molecule has 9 heteroatoms. The van der Waals surface area contributed by atoms with Gasteiger partial charge < -0.3 is 4.42 Å². The Morgan fingerprint density at radius 1 is 1.30 bits per heavy atom. The minimum Gasteiger partial charge on any atom is -0.419 e. The minimum atomic E-state index is 0.00219. The zero-order chi connectivity index (χ0) is 15.6. The van der Waals surface area contributed by atoms with Gasteiger partial charge >= 0.3 is 0 Å². The van der Waals surface area contributed by atoms with Gasteiger partial charge in [0.25, 0.3) is 5.89 Å². The monoisotopic (exact) mass is 348 g/mol. The third-order valence-corrected chi connectivity index (χ3v) is 5.83. The van der Waals surface area contributed by atoms with Crippen LogP contribution in [0, 0.1) is 0 Å². The molecule has 0 unspecified atom stereocenters. The van der Waals surface area contributed by atoms with Crippen molar-refractivity contribution in [2.24, 2.45) is 0 Å². The van der Waals surface area contributed by atoms with Crippen LogP contribution < -0.4 is 0 Å². The summed E-state index contributed by atoms with van der Waals surface area (Å²) in [7, 11) is 0. The molecule has 3 heterocycles. The first-order valence-electron chi connectivity index (χ1n) is 7.63. The molecule has 1 aliphatic rings. The zero-order valence-electron chi connectivity index (χ0n) is 12.6. The van der Waals surface area contributed by atoms with Gasteiger partial charge in [0.2, 0.25) is 11.0 Å². The molecule has 23 heavy (non-hydrogen) atoms. The molecule has 3 aromatic rings. The van der Waals surface area contributed by atoms with E-state index in [1.165, 1.54) is 12.8 Å². The molecule has 0 bridgehead atoms. The Hall–Kier alpha value is -1.74. The summed E-state index contributed by atoms with van der Waals surface area (Å²) >= 11 is 3.15. The molecule has 4 rings (SSSR count). The lowest BCUT2D eigenvalue weighted by Crippen LogP contribution is -2.08. The maximum absolute atomic E-state index is 5.79. The van der Waals surface area contributed by atoms with Gasteiger partial charge in [-0.05, 0) is 41.6 Å². The van der Waals surface area contributed by atoms with Crippen LogP contribution in [-0.4, -0.2) is 30.4 Å². The molecule has 120 valence electrons. The molecule has 1 fully saturated rings. The van der Waals surface area contributed by atoms with Crippen molar-refractivity contribution in [2.45, 2.75) is 49.1 Å². The Kier molecular flexibility index (Phi) is 4.13. The molecule has 0 amide bonds. The van der Waals surface area contributed by atoms with Gasteiger partial charge in [0.15, 0.2) is 0 Å². The number of rotatable bonds is 5. The zero-order valence-corrected chi connectivity index (χ0v) is 14.3. The molecule has 0 aliphatic heterocycles. The Bertz CT molecular complexity index is 762. The van der Waals surface area contributed by atoms with E-state index >= 15 is 0 Å². The average Bonchev–Trinajstić information content (AvgIpc) is 3.31. The van der Waals surface area contributed by atoms with Crippen LogP contribution in [0.2, 0.25) is 0 Å². The molecule has 0 spiro atoms. The quantitative estimate of drug-likeness (QED) is 0.649. The second-order valence-corrected chi connectivity index (χ2v) is 7.78. The van der Waals surface area contributed by atoms with Gasteiger partial charge in [-0.2, -0.15) is 0 Å². The second kappa shape index (κ2) is 6.40. The number of aromatic nitrogens is 6. The Morgan fingerprint density at radius 3 is 2.96 bits per heavy atom. The van der Waals surface area contributed by atoms with E-state index < -0.39 is 0 Å². The van der Waals surface area contributed by atoms with Gasteiger partial charge in [0, 0.05) is 0 Å². The van der Waals surface area contributed by atoms with Crippen molar-refractivity contribution in [1.82, 2.24) is 30.4 Å². The average molecular weight is 348 g/mol. The summed E-state index contributed by atoms with van der Waals surface area (Å²) < 4.78 is 7.74. The first kappa shape index (κ1) is 14.8. The lowest BCUT2D eigenvalue weighted by molar-refractivity contribution is 0.422. The van der Waals surface area contributed by atoms with Gasteiger partial charge in [0.1, 0.15) is 0 Å². The van der Waals surface area contributed by atoms with Crippen LogP contribution in [0.4, 0.5) is 0 Å². The smallest absolute Gasteiger partial charge is 0.257 e. The molecule has 0 radical (unpaired) electrons. The van der Waals surface area contributed by atoms with E-state index in [2.05, 4.69) is 25.7 Å². The van der Waals surface area contributed by atoms with E-state index in [-0.39, 0.29) is 5.25 Å². The number of nitrogens with zero attached hydrogens (tertiary/aromatic N) is 6. The summed E-state index contributed by atoms with van der Waals surface area (Å²) in [4.78, 5) is 0.983. The van der Waals surface area contributed by atoms with E-state index in [0.717, 1.165) is 22.9 Å². The molecule has 1 atom stereocenters. The molecular weight excluding hydrogens is 332 g/mol. The van der Waals surface area contributed by atoms with Crippen molar-refractivity contribution in [3.63, 3.8) is 0 Å². The van der Waals surface area contributed by atoms with Crippen LogP contribution in [0.3, 0.4) is 0 Å². The number of thioether (sulfide) groups is 1. The predicted octanol–water partition coefficient (Wildman–Crippen LogP) is 3.75. The molecule has 0 N–H and O–H groups in total. The molecule has 0 aromatic carbocycles. The highest BCUT2D eigenvalue weighted by Crippen LogP contribution is 2.37. The van der Waals surface area contributed by atoms with E-state index in [4.69, 9.17) is 4.42 Å². The maximum atomic E-state index is 5.79. The summed E-state index contributed by atoms with van der Waals surface area (Å²) in [5.74, 6) is 1.16. The Balaban J connectivity index is 1.50. The number of thiophene rings is 1. The van der Waals surface area contributed by atoms with Gasteiger partial charge in [-0.25, -0.2) is 4.68 Å². The summed E-state index contributed by atoms with van der Waals surface area (Å²) in [6.45, 7) is 2.03. The third kappa shape index (κ3) is 3.02. The van der Waals surface area contributed by atoms with Crippen molar-refractivity contribution in [3.05, 3.63) is 23.4 Å². The topological polar surface area (TPSA) is 82.5 Å². The van der Waals surface area contributed by atoms with Crippen molar-refractivity contribution >= 4 is 23.1 Å². The van der Waals surface area contributed by atoms with Crippen molar-refractivity contribution < 1.29 is 4.42 Å². The SMILES string of the molecule is C[C@@H](Sc1nnnn1C1CCCC1)c1nnc(-c2cccs2)o1. The second-order valence-electron chi connectivity index (χ2n) is 5.53. The van der Waals surface area contributed by atoms with E-state index in [1.54, 1.807) is 23.1 Å². The summed E-state index contributed by atoms with van der Waals surface area (Å²) in [6, 6.07) is 4.36. The van der Waals surface area contributed by atoms with Gasteiger partial charge in [-0.3, -0.25) is 0 Å². The lowest BCUT2D eigenvalue weighted by Gasteiger charge is -2.12. The van der Waals surface area contributed by atoms with Crippen molar-refractivity contribution in [2.75, 3.05) is 0 Å². The molecule has 1 aliphatic carbocycles. The predicted molar refractivity (Wildman–Crippen MR) is 87.2 cm³/mol. The van der Waals surface area contributed by atoms with Crippen LogP contribution in [0.5, 0.6) is 0 Å². The van der Waals surface area contributed by atoms with E-state index in [9.17, 15) is 0 Å². The maximum Gasteiger partial charge on any atom is 0.257 e. The fraction of sp³-hybridized carbons (Fsp3) is 0.500. The van der Waals surface area contributed by atoms with Gasteiger partial charge in [0.05, 0.1) is 16.2 Å². The highest BCUT2D eigenvalue weighted by molar-refractivity contribution is 7.99. The highest BCUT2D eigenvalue weighted by Gasteiger charge is 2.25. The first-order chi connectivity index (χ1) is 11.3. The molecule has 3 aromatic heterocycles. The summed E-state index contributed by atoms with van der Waals surface area (Å²) in [6.07, 6.45) is 4.79. The number of hydrogen-bond acceptors (Lipinski definition) is 8. The van der Waals surface area contributed by atoms with Gasteiger partial charge in [-0.15, -0.1) is 26.6 Å². The van der Waals surface area contributed by atoms with Crippen LogP contribution >= 0.6 is 23.1 Å². The Labute approximate surface area is 141 Å². The van der Waals surface area contributed by atoms with E-state index in [1.807, 2.05) is 29.1 Å². The third-order valence-electron chi connectivity index (χ3n) is 3.94. The fourth-order valence-electron chi connectivity index (χ4n) is 2.75. The van der Waals surface area contributed by atoms with E-state index in [0.29, 0.717) is 17.8 Å². The number of tetrazole rings is 1. The minimum absolute atomic E-state index is 0.00219.